The van der Waals surface area contributed by atoms with Crippen LogP contribution in [0.5, 0.6) is 0 Å². The largest absolute Gasteiger partial charge is 0.480 e. The molecule has 0 aliphatic heterocycles. The van der Waals surface area contributed by atoms with E-state index in [4.69, 9.17) is 14.9 Å². The molecule has 0 aliphatic rings. The molecule has 0 saturated carbocycles. The van der Waals surface area contributed by atoms with Gasteiger partial charge in [-0.2, -0.15) is 0 Å². The van der Waals surface area contributed by atoms with E-state index in [1.165, 1.54) is 25.7 Å². The zero-order chi connectivity index (χ0) is 34.8. The first-order chi connectivity index (χ1) is 22.8. The van der Waals surface area contributed by atoms with E-state index in [1.807, 2.05) is 6.08 Å². The van der Waals surface area contributed by atoms with Crippen LogP contribution >= 0.6 is 0 Å². The molecule has 9 heteroatoms. The minimum Gasteiger partial charge on any atom is -0.480 e. The van der Waals surface area contributed by atoms with E-state index < -0.39 is 24.5 Å². The van der Waals surface area contributed by atoms with E-state index in [2.05, 4.69) is 67.0 Å². The lowest BCUT2D eigenvalue weighted by atomic mass is 10.1. The number of aliphatic hydroxyl groups is 1. The third kappa shape index (κ3) is 29.9. The predicted molar refractivity (Wildman–Crippen MR) is 190 cm³/mol. The van der Waals surface area contributed by atoms with Gasteiger partial charge in [-0.15, -0.1) is 0 Å². The fourth-order valence-corrected chi connectivity index (χ4v) is 4.76. The maximum Gasteiger partial charge on any atom is 0.328 e. The molecule has 47 heavy (non-hydrogen) atoms. The Labute approximate surface area is 284 Å². The molecule has 0 aromatic carbocycles. The van der Waals surface area contributed by atoms with Gasteiger partial charge in [-0.05, 0) is 70.3 Å². The number of carbonyl (C=O) groups is 4. The number of hydrogen-bond donors (Lipinski definition) is 4. The fourth-order valence-electron chi connectivity index (χ4n) is 4.76. The summed E-state index contributed by atoms with van der Waals surface area (Å²) in [6, 6.07) is -1.39. The molecular formula is C38H64N2O7. The van der Waals surface area contributed by atoms with Crippen LogP contribution in [0.1, 0.15) is 142 Å². The van der Waals surface area contributed by atoms with Crippen LogP contribution in [-0.2, 0) is 23.9 Å². The first-order valence-corrected chi connectivity index (χ1v) is 18.0. The van der Waals surface area contributed by atoms with Crippen molar-refractivity contribution < 1.29 is 34.1 Å². The number of aliphatic hydroxyl groups excluding tert-OH is 1. The first-order valence-electron chi connectivity index (χ1n) is 18.0. The Hall–Kier alpha value is -3.20. The molecule has 268 valence electrons. The van der Waals surface area contributed by atoms with Crippen LogP contribution in [0.2, 0.25) is 0 Å². The number of ether oxygens (including phenoxy) is 1. The average Bonchev–Trinajstić information content (AvgIpc) is 3.05. The topological polar surface area (TPSA) is 142 Å². The van der Waals surface area contributed by atoms with Crippen molar-refractivity contribution in [3.63, 3.8) is 0 Å². The van der Waals surface area contributed by atoms with Crippen LogP contribution in [0, 0.1) is 0 Å². The zero-order valence-corrected chi connectivity index (χ0v) is 29.3. The molecule has 2 amide bonds. The summed E-state index contributed by atoms with van der Waals surface area (Å²) in [7, 11) is 0. The molecule has 2 unspecified atom stereocenters. The smallest absolute Gasteiger partial charge is 0.328 e. The molecule has 0 aromatic heterocycles. The van der Waals surface area contributed by atoms with Crippen molar-refractivity contribution in [1.29, 1.82) is 0 Å². The van der Waals surface area contributed by atoms with Crippen molar-refractivity contribution in [2.24, 2.45) is 0 Å². The van der Waals surface area contributed by atoms with Crippen molar-refractivity contribution in [2.45, 2.75) is 154 Å². The van der Waals surface area contributed by atoms with Crippen LogP contribution < -0.4 is 10.6 Å². The number of amides is 2. The maximum absolute atomic E-state index is 12.5. The van der Waals surface area contributed by atoms with E-state index in [0.717, 1.165) is 83.5 Å². The first kappa shape index (κ1) is 43.8. The monoisotopic (exact) mass is 660 g/mol. The number of esters is 1. The minimum atomic E-state index is -1.39. The Kier molecular flexibility index (Phi) is 30.5. The van der Waals surface area contributed by atoms with Crippen LogP contribution in [0.25, 0.3) is 0 Å². The van der Waals surface area contributed by atoms with E-state index in [1.54, 1.807) is 0 Å². The van der Waals surface area contributed by atoms with E-state index in [9.17, 15) is 19.2 Å². The fraction of sp³-hybridized carbons (Fsp3) is 0.684. The normalized spacial score (nSPS) is 13.1. The maximum atomic E-state index is 12.5. The Morgan fingerprint density at radius 2 is 1.28 bits per heavy atom. The summed E-state index contributed by atoms with van der Waals surface area (Å²) in [6.07, 6.45) is 36.2. The lowest BCUT2D eigenvalue weighted by Crippen LogP contribution is -2.47. The van der Waals surface area contributed by atoms with Gasteiger partial charge in [0.2, 0.25) is 11.8 Å². The van der Waals surface area contributed by atoms with Gasteiger partial charge in [0.05, 0.1) is 13.2 Å². The van der Waals surface area contributed by atoms with E-state index >= 15 is 0 Å². The molecule has 9 nitrogen and oxygen atoms in total. The van der Waals surface area contributed by atoms with Gasteiger partial charge < -0.3 is 25.6 Å². The Morgan fingerprint density at radius 3 is 1.91 bits per heavy atom. The second-order valence-electron chi connectivity index (χ2n) is 11.9. The number of carboxylic acid groups (broad SMARTS) is 1. The predicted octanol–water partition coefficient (Wildman–Crippen LogP) is 7.64. The van der Waals surface area contributed by atoms with Gasteiger partial charge >= 0.3 is 11.9 Å². The highest BCUT2D eigenvalue weighted by molar-refractivity contribution is 5.87. The van der Waals surface area contributed by atoms with E-state index in [0.29, 0.717) is 12.8 Å². The van der Waals surface area contributed by atoms with Crippen molar-refractivity contribution >= 4 is 23.8 Å². The van der Waals surface area contributed by atoms with E-state index in [-0.39, 0.29) is 30.9 Å². The molecule has 0 spiro atoms. The third-order valence-corrected chi connectivity index (χ3v) is 7.53. The Morgan fingerprint density at radius 1 is 0.681 bits per heavy atom. The summed E-state index contributed by atoms with van der Waals surface area (Å²) >= 11 is 0. The molecule has 0 aliphatic carbocycles. The van der Waals surface area contributed by atoms with Gasteiger partial charge in [-0.25, -0.2) is 4.79 Å². The van der Waals surface area contributed by atoms with Gasteiger partial charge in [-0.1, -0.05) is 108 Å². The highest BCUT2D eigenvalue weighted by atomic mass is 16.5. The molecule has 0 fully saturated rings. The molecule has 0 bridgehead atoms. The minimum absolute atomic E-state index is 0.135. The SMILES string of the molecule is CC/C=C\C/C=C\C/C=C\CCCCCCCCCC(=O)OC(/C=C\CCC)CCCCCCC(=O)NCC(=O)NC(CO)C(=O)O. The van der Waals surface area contributed by atoms with Gasteiger partial charge in [-0.3, -0.25) is 14.4 Å². The molecule has 2 atom stereocenters. The molecule has 0 heterocycles. The summed E-state index contributed by atoms with van der Waals surface area (Å²) in [4.78, 5) is 47.0. The quantitative estimate of drug-likeness (QED) is 0.0340. The second kappa shape index (κ2) is 32.7. The van der Waals surface area contributed by atoms with Gasteiger partial charge in [0.25, 0.3) is 0 Å². The van der Waals surface area contributed by atoms with Gasteiger partial charge in [0.15, 0.2) is 0 Å². The van der Waals surface area contributed by atoms with Crippen LogP contribution in [0.15, 0.2) is 48.6 Å². The highest BCUT2D eigenvalue weighted by Crippen LogP contribution is 2.14. The summed E-state index contributed by atoms with van der Waals surface area (Å²) in [5.41, 5.74) is 0. The summed E-state index contributed by atoms with van der Waals surface area (Å²) in [6.45, 7) is 3.20. The van der Waals surface area contributed by atoms with Crippen molar-refractivity contribution in [3.8, 4) is 0 Å². The number of carboxylic acids is 1. The van der Waals surface area contributed by atoms with Crippen molar-refractivity contribution in [1.82, 2.24) is 10.6 Å². The number of carbonyl (C=O) groups excluding carboxylic acids is 3. The lowest BCUT2D eigenvalue weighted by Gasteiger charge is -2.15. The van der Waals surface area contributed by atoms with Gasteiger partial charge in [0.1, 0.15) is 12.1 Å². The number of nitrogens with one attached hydrogen (secondary N) is 2. The molecular weight excluding hydrogens is 596 g/mol. The Bertz CT molecular complexity index is 942. The van der Waals surface area contributed by atoms with Crippen LogP contribution in [0.4, 0.5) is 0 Å². The summed E-state index contributed by atoms with van der Waals surface area (Å²) in [5, 5.41) is 22.4. The molecule has 0 radical (unpaired) electrons. The van der Waals surface area contributed by atoms with Gasteiger partial charge in [0, 0.05) is 12.8 Å². The molecule has 4 N–H and O–H groups in total. The van der Waals surface area contributed by atoms with Crippen LogP contribution in [-0.4, -0.2) is 59.3 Å². The second-order valence-corrected chi connectivity index (χ2v) is 11.9. The number of aliphatic carboxylic acids is 1. The van der Waals surface area contributed by atoms with Crippen LogP contribution in [0.3, 0.4) is 0 Å². The van der Waals surface area contributed by atoms with Crippen molar-refractivity contribution in [2.75, 3.05) is 13.2 Å². The number of hydrogen-bond acceptors (Lipinski definition) is 6. The Balaban J connectivity index is 3.99. The standard InChI is InChI=1S/C38H64N2O7/c1-3-5-7-8-9-10-11-12-13-14-15-16-17-18-19-20-26-30-37(44)47-33(27-23-6-4-2)28-24-21-22-25-29-35(42)39-31-36(43)40-34(32-41)38(45)46/h5,7,9-10,12-13,23,27,33-34,41H,3-4,6,8,11,14-22,24-26,28-32H2,1-2H3,(H,39,42)(H,40,43)(H,45,46)/b7-5-,10-9-,13-12-,27-23-. The summed E-state index contributed by atoms with van der Waals surface area (Å²) < 4.78 is 5.78. The molecule has 0 saturated heterocycles. The highest BCUT2D eigenvalue weighted by Gasteiger charge is 2.18. The molecule has 0 aromatic rings. The number of allylic oxidation sites excluding steroid dienone is 7. The average molecular weight is 661 g/mol. The third-order valence-electron chi connectivity index (χ3n) is 7.53. The molecule has 0 rings (SSSR count). The summed E-state index contributed by atoms with van der Waals surface area (Å²) in [5.74, 6) is -2.43. The lowest BCUT2D eigenvalue weighted by molar-refractivity contribution is -0.147. The zero-order valence-electron chi connectivity index (χ0n) is 29.3. The number of rotatable bonds is 31. The number of unbranched alkanes of at least 4 members (excludes halogenated alkanes) is 11. The van der Waals surface area contributed by atoms with Crippen molar-refractivity contribution in [3.05, 3.63) is 48.6 Å².